The first-order chi connectivity index (χ1) is 8.78. The zero-order chi connectivity index (χ0) is 12.5. The number of carbonyl (C=O) groups is 1. The van der Waals surface area contributed by atoms with Crippen LogP contribution in [-0.2, 0) is 11.3 Å². The van der Waals surface area contributed by atoms with Crippen molar-refractivity contribution in [2.24, 2.45) is 11.7 Å². The molecule has 1 unspecified atom stereocenters. The molecule has 0 bridgehead atoms. The van der Waals surface area contributed by atoms with E-state index in [1.54, 1.807) is 0 Å². The number of hydrogen-bond acceptors (Lipinski definition) is 2. The molecular formula is C14H17N3O. The van der Waals surface area contributed by atoms with Crippen LogP contribution in [0.25, 0.3) is 10.9 Å². The number of aromatic nitrogens is 1. The molecular weight excluding hydrogens is 226 g/mol. The van der Waals surface area contributed by atoms with E-state index in [1.807, 2.05) is 23.2 Å². The minimum absolute atomic E-state index is 0.217. The van der Waals surface area contributed by atoms with E-state index < -0.39 is 0 Å². The number of benzene rings is 1. The largest absolute Gasteiger partial charge is 0.361 e. The lowest BCUT2D eigenvalue weighted by atomic mass is 10.1. The van der Waals surface area contributed by atoms with E-state index in [0.717, 1.165) is 12.1 Å². The molecule has 1 aliphatic heterocycles. The number of hydrogen-bond donors (Lipinski definition) is 2. The second-order valence-corrected chi connectivity index (χ2v) is 4.94. The fraction of sp³-hybridized carbons (Fsp3) is 0.357. The van der Waals surface area contributed by atoms with Crippen LogP contribution >= 0.6 is 0 Å². The van der Waals surface area contributed by atoms with Crippen LogP contribution in [0.15, 0.2) is 30.5 Å². The molecule has 18 heavy (non-hydrogen) atoms. The van der Waals surface area contributed by atoms with Crippen LogP contribution in [0.3, 0.4) is 0 Å². The molecule has 3 rings (SSSR count). The van der Waals surface area contributed by atoms with Gasteiger partial charge in [0.15, 0.2) is 0 Å². The van der Waals surface area contributed by atoms with Crippen molar-refractivity contribution in [2.75, 3.05) is 13.1 Å². The van der Waals surface area contributed by atoms with Crippen LogP contribution in [0, 0.1) is 5.92 Å². The number of carbonyl (C=O) groups excluding carboxylic acids is 1. The second kappa shape index (κ2) is 4.46. The molecule has 1 saturated heterocycles. The van der Waals surface area contributed by atoms with Crippen molar-refractivity contribution in [1.82, 2.24) is 9.88 Å². The molecule has 4 nitrogen and oxygen atoms in total. The Morgan fingerprint density at radius 2 is 2.28 bits per heavy atom. The molecule has 2 heterocycles. The Labute approximate surface area is 106 Å². The fourth-order valence-electron chi connectivity index (χ4n) is 2.65. The predicted molar refractivity (Wildman–Crippen MR) is 70.9 cm³/mol. The molecule has 1 fully saturated rings. The van der Waals surface area contributed by atoms with Gasteiger partial charge in [-0.05, 0) is 29.5 Å². The van der Waals surface area contributed by atoms with E-state index in [0.29, 0.717) is 25.4 Å². The van der Waals surface area contributed by atoms with Crippen molar-refractivity contribution < 1.29 is 4.79 Å². The average Bonchev–Trinajstić information content (AvgIpc) is 2.97. The first-order valence-corrected chi connectivity index (χ1v) is 6.30. The Hall–Kier alpha value is -1.81. The Morgan fingerprint density at radius 1 is 1.39 bits per heavy atom. The Kier molecular flexibility index (Phi) is 2.80. The van der Waals surface area contributed by atoms with Crippen molar-refractivity contribution in [2.45, 2.75) is 13.0 Å². The highest BCUT2D eigenvalue weighted by atomic mass is 16.2. The minimum atomic E-state index is 0.217. The molecule has 0 saturated carbocycles. The van der Waals surface area contributed by atoms with Gasteiger partial charge in [0.1, 0.15) is 0 Å². The van der Waals surface area contributed by atoms with Gasteiger partial charge in [-0.1, -0.05) is 18.2 Å². The van der Waals surface area contributed by atoms with Crippen molar-refractivity contribution in [3.8, 4) is 0 Å². The summed E-state index contributed by atoms with van der Waals surface area (Å²) in [7, 11) is 0. The summed E-state index contributed by atoms with van der Waals surface area (Å²) >= 11 is 0. The topological polar surface area (TPSA) is 62.1 Å². The molecule has 2 aromatic rings. The van der Waals surface area contributed by atoms with Gasteiger partial charge in [-0.3, -0.25) is 4.79 Å². The molecule has 0 radical (unpaired) electrons. The van der Waals surface area contributed by atoms with Crippen molar-refractivity contribution in [3.63, 3.8) is 0 Å². The van der Waals surface area contributed by atoms with Gasteiger partial charge in [-0.25, -0.2) is 0 Å². The average molecular weight is 243 g/mol. The molecule has 1 atom stereocenters. The predicted octanol–water partition coefficient (Wildman–Crippen LogP) is 1.48. The molecule has 3 N–H and O–H groups in total. The minimum Gasteiger partial charge on any atom is -0.361 e. The molecule has 4 heteroatoms. The number of H-pyrrole nitrogens is 1. The lowest BCUT2D eigenvalue weighted by Gasteiger charge is -2.17. The maximum atomic E-state index is 11.9. The summed E-state index contributed by atoms with van der Waals surface area (Å²) in [5, 5.41) is 1.19. The molecule has 1 aromatic heterocycles. The summed E-state index contributed by atoms with van der Waals surface area (Å²) in [5.41, 5.74) is 7.94. The van der Waals surface area contributed by atoms with Crippen LogP contribution in [0.1, 0.15) is 12.0 Å². The molecule has 1 amide bonds. The van der Waals surface area contributed by atoms with Crippen LogP contribution in [-0.4, -0.2) is 28.9 Å². The first-order valence-electron chi connectivity index (χ1n) is 6.30. The van der Waals surface area contributed by atoms with Gasteiger partial charge in [0.25, 0.3) is 0 Å². The van der Waals surface area contributed by atoms with Crippen LogP contribution in [0.2, 0.25) is 0 Å². The number of likely N-dealkylation sites (tertiary alicyclic amines) is 1. The van der Waals surface area contributed by atoms with Crippen molar-refractivity contribution in [1.29, 1.82) is 0 Å². The van der Waals surface area contributed by atoms with Crippen LogP contribution in [0.5, 0.6) is 0 Å². The van der Waals surface area contributed by atoms with Gasteiger partial charge in [0.05, 0.1) is 5.52 Å². The Balaban J connectivity index is 1.84. The Morgan fingerprint density at radius 3 is 3.06 bits per heavy atom. The highest BCUT2D eigenvalue weighted by Gasteiger charge is 2.28. The number of nitrogens with one attached hydrogen (secondary N) is 1. The monoisotopic (exact) mass is 243 g/mol. The third kappa shape index (κ3) is 1.88. The number of para-hydroxylation sites is 1. The van der Waals surface area contributed by atoms with Gasteiger partial charge in [-0.15, -0.1) is 0 Å². The summed E-state index contributed by atoms with van der Waals surface area (Å²) in [5.74, 6) is 0.536. The molecule has 1 aromatic carbocycles. The van der Waals surface area contributed by atoms with Crippen LogP contribution < -0.4 is 5.73 Å². The van der Waals surface area contributed by atoms with E-state index in [4.69, 9.17) is 5.73 Å². The maximum absolute atomic E-state index is 11.9. The van der Waals surface area contributed by atoms with E-state index in [9.17, 15) is 4.79 Å². The number of nitrogens with zero attached hydrogens (tertiary/aromatic N) is 1. The maximum Gasteiger partial charge on any atom is 0.223 e. The normalized spacial score (nSPS) is 19.9. The third-order valence-corrected chi connectivity index (χ3v) is 3.66. The zero-order valence-corrected chi connectivity index (χ0v) is 10.2. The van der Waals surface area contributed by atoms with Gasteiger partial charge >= 0.3 is 0 Å². The third-order valence-electron chi connectivity index (χ3n) is 3.66. The van der Waals surface area contributed by atoms with E-state index >= 15 is 0 Å². The number of amides is 1. The van der Waals surface area contributed by atoms with E-state index in [-0.39, 0.29) is 5.91 Å². The van der Waals surface area contributed by atoms with E-state index in [1.165, 1.54) is 10.9 Å². The number of rotatable bonds is 3. The highest BCUT2D eigenvalue weighted by molar-refractivity contribution is 5.83. The zero-order valence-electron chi connectivity index (χ0n) is 10.2. The lowest BCUT2D eigenvalue weighted by Crippen LogP contribution is -2.25. The first kappa shape index (κ1) is 11.3. The summed E-state index contributed by atoms with van der Waals surface area (Å²) in [6, 6.07) is 8.23. The van der Waals surface area contributed by atoms with Crippen molar-refractivity contribution >= 4 is 16.8 Å². The summed E-state index contributed by atoms with van der Waals surface area (Å²) in [6.07, 6.45) is 2.53. The quantitative estimate of drug-likeness (QED) is 0.857. The number of fused-ring (bicyclic) bond motifs is 1. The van der Waals surface area contributed by atoms with Crippen molar-refractivity contribution in [3.05, 3.63) is 36.0 Å². The molecule has 94 valence electrons. The number of aromatic amines is 1. The van der Waals surface area contributed by atoms with E-state index in [2.05, 4.69) is 17.1 Å². The fourth-order valence-corrected chi connectivity index (χ4v) is 2.65. The van der Waals surface area contributed by atoms with Crippen LogP contribution in [0.4, 0.5) is 0 Å². The Bertz CT molecular complexity index is 575. The summed E-state index contributed by atoms with van der Waals surface area (Å²) < 4.78 is 0. The molecule has 1 aliphatic rings. The van der Waals surface area contributed by atoms with Gasteiger partial charge in [0, 0.05) is 25.7 Å². The molecule has 0 spiro atoms. The van der Waals surface area contributed by atoms with Gasteiger partial charge < -0.3 is 15.6 Å². The summed E-state index contributed by atoms with van der Waals surface area (Å²) in [6.45, 7) is 2.05. The SMILES string of the molecule is NCC1CC(=O)N(Cc2cccc3cc[nH]c23)C1. The number of nitrogens with two attached hydrogens (primary N) is 1. The molecule has 0 aliphatic carbocycles. The summed E-state index contributed by atoms with van der Waals surface area (Å²) in [4.78, 5) is 17.0. The van der Waals surface area contributed by atoms with Gasteiger partial charge in [0.2, 0.25) is 5.91 Å². The lowest BCUT2D eigenvalue weighted by molar-refractivity contribution is -0.128. The second-order valence-electron chi connectivity index (χ2n) is 4.94. The standard InChI is InChI=1S/C14H17N3O/c15-7-10-6-13(18)17(8-10)9-12-3-1-2-11-4-5-16-14(11)12/h1-5,10,16H,6-9,15H2. The smallest absolute Gasteiger partial charge is 0.223 e. The highest BCUT2D eigenvalue weighted by Crippen LogP contribution is 2.23. The van der Waals surface area contributed by atoms with Gasteiger partial charge in [-0.2, -0.15) is 0 Å².